The lowest BCUT2D eigenvalue weighted by Crippen LogP contribution is -2.24. The van der Waals surface area contributed by atoms with E-state index in [9.17, 15) is 0 Å². The molecular formula is C13H20N2. The summed E-state index contributed by atoms with van der Waals surface area (Å²) >= 11 is 0. The van der Waals surface area contributed by atoms with Crippen molar-refractivity contribution in [1.82, 2.24) is 10.2 Å². The normalized spacial score (nSPS) is 25.3. The number of hydrogen-bond donors (Lipinski definition) is 0. The van der Waals surface area contributed by atoms with E-state index in [1.165, 1.54) is 17.7 Å². The molecule has 2 heteroatoms. The zero-order chi connectivity index (χ0) is 11.1. The predicted molar refractivity (Wildman–Crippen MR) is 61.7 cm³/mol. The minimum absolute atomic E-state index is 0.362. The van der Waals surface area contributed by atoms with Gasteiger partial charge in [0.25, 0.3) is 0 Å². The van der Waals surface area contributed by atoms with Crippen LogP contribution in [0.5, 0.6) is 0 Å². The average molecular weight is 204 g/mol. The number of fused-ring (bicyclic) bond motifs is 1. The average Bonchev–Trinajstić information content (AvgIpc) is 2.55. The Labute approximate surface area is 92.1 Å². The Kier molecular flexibility index (Phi) is 2.53. The van der Waals surface area contributed by atoms with Crippen molar-refractivity contribution in [2.75, 3.05) is 0 Å². The van der Waals surface area contributed by atoms with Gasteiger partial charge in [0.2, 0.25) is 0 Å². The molecule has 1 aromatic heterocycles. The number of hydrogen-bond acceptors (Lipinski definition) is 2. The summed E-state index contributed by atoms with van der Waals surface area (Å²) in [4.78, 5) is 0. The molecular weight excluding hydrogens is 184 g/mol. The number of nitrogens with zero attached hydrogens (tertiary/aromatic N) is 2. The second-order valence-corrected chi connectivity index (χ2v) is 5.62. The molecule has 1 aliphatic carbocycles. The van der Waals surface area contributed by atoms with Crippen LogP contribution in [0, 0.1) is 11.3 Å². The van der Waals surface area contributed by atoms with Crippen molar-refractivity contribution in [2.45, 2.75) is 46.5 Å². The molecule has 0 N–H and O–H groups in total. The van der Waals surface area contributed by atoms with Gasteiger partial charge in [0.05, 0.1) is 5.69 Å². The molecule has 1 heterocycles. The molecule has 1 aliphatic rings. The van der Waals surface area contributed by atoms with Gasteiger partial charge in [-0.2, -0.15) is 10.2 Å². The largest absolute Gasteiger partial charge is 0.159 e. The van der Waals surface area contributed by atoms with Crippen molar-refractivity contribution in [3.8, 4) is 0 Å². The van der Waals surface area contributed by atoms with E-state index in [0.29, 0.717) is 17.3 Å². The van der Waals surface area contributed by atoms with Crippen LogP contribution in [0.1, 0.15) is 51.3 Å². The Morgan fingerprint density at radius 3 is 2.73 bits per heavy atom. The summed E-state index contributed by atoms with van der Waals surface area (Å²) in [5, 5.41) is 8.26. The predicted octanol–water partition coefficient (Wildman–Crippen LogP) is 3.19. The summed E-state index contributed by atoms with van der Waals surface area (Å²) in [5.41, 5.74) is 3.03. The van der Waals surface area contributed by atoms with Crippen LogP contribution in [0.15, 0.2) is 12.3 Å². The van der Waals surface area contributed by atoms with Crippen LogP contribution >= 0.6 is 0 Å². The summed E-state index contributed by atoms with van der Waals surface area (Å²) in [6, 6.07) is 2.15. The van der Waals surface area contributed by atoms with Gasteiger partial charge in [-0.25, -0.2) is 0 Å². The van der Waals surface area contributed by atoms with E-state index in [2.05, 4.69) is 44.0 Å². The van der Waals surface area contributed by atoms with E-state index >= 15 is 0 Å². The third-order valence-corrected chi connectivity index (χ3v) is 3.68. The first-order valence-electron chi connectivity index (χ1n) is 5.84. The lowest BCUT2D eigenvalue weighted by atomic mass is 9.73. The van der Waals surface area contributed by atoms with Gasteiger partial charge < -0.3 is 0 Å². The van der Waals surface area contributed by atoms with Crippen LogP contribution < -0.4 is 0 Å². The summed E-state index contributed by atoms with van der Waals surface area (Å²) in [5.74, 6) is 1.39. The lowest BCUT2D eigenvalue weighted by Gasteiger charge is -2.32. The highest BCUT2D eigenvalue weighted by molar-refractivity contribution is 5.30. The Morgan fingerprint density at radius 1 is 1.40 bits per heavy atom. The third-order valence-electron chi connectivity index (χ3n) is 3.68. The van der Waals surface area contributed by atoms with Gasteiger partial charge in [-0.15, -0.1) is 0 Å². The van der Waals surface area contributed by atoms with Gasteiger partial charge in [0, 0.05) is 6.20 Å². The minimum Gasteiger partial charge on any atom is -0.159 e. The van der Waals surface area contributed by atoms with Crippen molar-refractivity contribution >= 4 is 0 Å². The smallest absolute Gasteiger partial charge is 0.0669 e. The maximum absolute atomic E-state index is 4.27. The molecule has 0 saturated heterocycles. The van der Waals surface area contributed by atoms with Crippen LogP contribution in [0.25, 0.3) is 0 Å². The molecule has 0 spiro atoms. The van der Waals surface area contributed by atoms with Gasteiger partial charge in [0.15, 0.2) is 0 Å². The highest BCUT2D eigenvalue weighted by Crippen LogP contribution is 2.47. The molecule has 82 valence electrons. The molecule has 2 rings (SSSR count). The highest BCUT2D eigenvalue weighted by Gasteiger charge is 2.39. The van der Waals surface area contributed by atoms with E-state index in [4.69, 9.17) is 0 Å². The van der Waals surface area contributed by atoms with E-state index in [1.807, 2.05) is 6.20 Å². The SMILES string of the molecule is CCC1c2ccnnc2CC1C(C)(C)C. The van der Waals surface area contributed by atoms with Crippen LogP contribution in [0.3, 0.4) is 0 Å². The monoisotopic (exact) mass is 204 g/mol. The molecule has 2 atom stereocenters. The maximum Gasteiger partial charge on any atom is 0.0669 e. The molecule has 0 aromatic carbocycles. The van der Waals surface area contributed by atoms with Crippen LogP contribution in [0.4, 0.5) is 0 Å². The van der Waals surface area contributed by atoms with Crippen LogP contribution in [0.2, 0.25) is 0 Å². The Bertz CT molecular complexity index is 352. The van der Waals surface area contributed by atoms with Crippen LogP contribution in [-0.2, 0) is 6.42 Å². The summed E-state index contributed by atoms with van der Waals surface area (Å²) in [7, 11) is 0. The zero-order valence-electron chi connectivity index (χ0n) is 10.1. The molecule has 0 aliphatic heterocycles. The topological polar surface area (TPSA) is 25.8 Å². The van der Waals surface area contributed by atoms with Gasteiger partial charge in [-0.05, 0) is 41.7 Å². The summed E-state index contributed by atoms with van der Waals surface area (Å²) < 4.78 is 0. The van der Waals surface area contributed by atoms with E-state index < -0.39 is 0 Å². The second-order valence-electron chi connectivity index (χ2n) is 5.62. The van der Waals surface area contributed by atoms with E-state index in [-0.39, 0.29) is 0 Å². The standard InChI is InChI=1S/C13H20N2/c1-5-9-10-6-7-14-15-12(10)8-11(9)13(2,3)4/h6-7,9,11H,5,8H2,1-4H3. The molecule has 0 radical (unpaired) electrons. The van der Waals surface area contributed by atoms with Gasteiger partial charge in [0.1, 0.15) is 0 Å². The first-order valence-corrected chi connectivity index (χ1v) is 5.84. The van der Waals surface area contributed by atoms with Gasteiger partial charge >= 0.3 is 0 Å². The highest BCUT2D eigenvalue weighted by atomic mass is 15.1. The van der Waals surface area contributed by atoms with Gasteiger partial charge in [-0.1, -0.05) is 27.7 Å². The molecule has 0 saturated carbocycles. The van der Waals surface area contributed by atoms with Crippen molar-refractivity contribution in [1.29, 1.82) is 0 Å². The molecule has 2 unspecified atom stereocenters. The first-order chi connectivity index (χ1) is 7.04. The summed E-state index contributed by atoms with van der Waals surface area (Å²) in [6.45, 7) is 9.28. The summed E-state index contributed by atoms with van der Waals surface area (Å²) in [6.07, 6.45) is 4.14. The molecule has 15 heavy (non-hydrogen) atoms. The maximum atomic E-state index is 4.27. The fourth-order valence-electron chi connectivity index (χ4n) is 2.85. The molecule has 0 amide bonds. The Morgan fingerprint density at radius 2 is 2.13 bits per heavy atom. The first kappa shape index (κ1) is 10.6. The van der Waals surface area contributed by atoms with Crippen molar-refractivity contribution < 1.29 is 0 Å². The Balaban J connectivity index is 2.37. The molecule has 0 fully saturated rings. The molecule has 2 nitrogen and oxygen atoms in total. The Hall–Kier alpha value is -0.920. The zero-order valence-corrected chi connectivity index (χ0v) is 10.1. The fraction of sp³-hybridized carbons (Fsp3) is 0.692. The van der Waals surface area contributed by atoms with Crippen molar-refractivity contribution in [3.05, 3.63) is 23.5 Å². The quantitative estimate of drug-likeness (QED) is 0.702. The number of rotatable bonds is 1. The van der Waals surface area contributed by atoms with E-state index in [0.717, 1.165) is 6.42 Å². The third kappa shape index (κ3) is 1.77. The number of aromatic nitrogens is 2. The molecule has 1 aromatic rings. The van der Waals surface area contributed by atoms with Crippen LogP contribution in [-0.4, -0.2) is 10.2 Å². The van der Waals surface area contributed by atoms with Crippen molar-refractivity contribution in [3.63, 3.8) is 0 Å². The van der Waals surface area contributed by atoms with E-state index in [1.54, 1.807) is 0 Å². The van der Waals surface area contributed by atoms with Crippen molar-refractivity contribution in [2.24, 2.45) is 11.3 Å². The lowest BCUT2D eigenvalue weighted by molar-refractivity contribution is 0.210. The fourth-order valence-corrected chi connectivity index (χ4v) is 2.85. The molecule has 0 bridgehead atoms. The van der Waals surface area contributed by atoms with Gasteiger partial charge in [-0.3, -0.25) is 0 Å². The minimum atomic E-state index is 0.362. The second kappa shape index (κ2) is 3.58.